The van der Waals surface area contributed by atoms with Crippen LogP contribution in [0.3, 0.4) is 0 Å². The van der Waals surface area contributed by atoms with Crippen LogP contribution in [-0.4, -0.2) is 38.1 Å². The molecule has 0 bridgehead atoms. The van der Waals surface area contributed by atoms with Gasteiger partial charge in [-0.1, -0.05) is 0 Å². The zero-order valence-electron chi connectivity index (χ0n) is 9.37. The number of methoxy groups -OCH3 is 1. The van der Waals surface area contributed by atoms with E-state index >= 15 is 0 Å². The fourth-order valence-corrected chi connectivity index (χ4v) is 1.30. The topological polar surface area (TPSA) is 55.6 Å². The zero-order chi connectivity index (χ0) is 12.1. The smallest absolute Gasteiger partial charge is 0.256 e. The number of hydrogen-bond acceptors (Lipinski definition) is 3. The van der Waals surface area contributed by atoms with E-state index in [1.165, 1.54) is 24.1 Å². The van der Waals surface area contributed by atoms with Crippen molar-refractivity contribution >= 4 is 5.91 Å². The fourth-order valence-electron chi connectivity index (χ4n) is 1.30. The molecular formula is C11H15FN2O2. The lowest BCUT2D eigenvalue weighted by Crippen LogP contribution is -2.32. The molecule has 0 radical (unpaired) electrons. The fraction of sp³-hybridized carbons (Fsp3) is 0.364. The molecule has 0 unspecified atom stereocenters. The Bertz CT molecular complexity index is 382. The number of likely N-dealkylation sites (N-methyl/N-ethyl adjacent to an activating group) is 1. The van der Waals surface area contributed by atoms with Gasteiger partial charge >= 0.3 is 0 Å². The van der Waals surface area contributed by atoms with Crippen molar-refractivity contribution in [3.63, 3.8) is 0 Å². The van der Waals surface area contributed by atoms with Crippen molar-refractivity contribution in [3.8, 4) is 5.75 Å². The number of amides is 1. The normalized spacial score (nSPS) is 10.0. The Hall–Kier alpha value is -1.62. The highest BCUT2D eigenvalue weighted by Crippen LogP contribution is 2.17. The van der Waals surface area contributed by atoms with Gasteiger partial charge in [-0.3, -0.25) is 4.79 Å². The van der Waals surface area contributed by atoms with Crippen molar-refractivity contribution in [1.29, 1.82) is 0 Å². The van der Waals surface area contributed by atoms with E-state index in [9.17, 15) is 9.18 Å². The largest absolute Gasteiger partial charge is 0.497 e. The maximum atomic E-state index is 13.5. The van der Waals surface area contributed by atoms with Crippen LogP contribution in [0, 0.1) is 5.82 Å². The minimum absolute atomic E-state index is 0.0248. The van der Waals surface area contributed by atoms with Crippen molar-refractivity contribution in [2.24, 2.45) is 5.73 Å². The molecule has 1 rings (SSSR count). The van der Waals surface area contributed by atoms with Gasteiger partial charge in [-0.25, -0.2) is 4.39 Å². The maximum absolute atomic E-state index is 13.5. The molecule has 4 nitrogen and oxygen atoms in total. The summed E-state index contributed by atoms with van der Waals surface area (Å²) in [6.07, 6.45) is 0. The highest BCUT2D eigenvalue weighted by atomic mass is 19.1. The summed E-state index contributed by atoms with van der Waals surface area (Å²) in [4.78, 5) is 13.1. The number of hydrogen-bond donors (Lipinski definition) is 1. The van der Waals surface area contributed by atoms with Gasteiger partial charge in [0.25, 0.3) is 5.91 Å². The lowest BCUT2D eigenvalue weighted by Gasteiger charge is -2.16. The predicted octanol–water partition coefficient (Wildman–Crippen LogP) is 0.865. The van der Waals surface area contributed by atoms with Crippen LogP contribution in [0.4, 0.5) is 4.39 Å². The Morgan fingerprint density at radius 1 is 1.56 bits per heavy atom. The molecule has 0 spiro atoms. The first-order valence-corrected chi connectivity index (χ1v) is 4.89. The lowest BCUT2D eigenvalue weighted by molar-refractivity contribution is 0.0794. The molecular weight excluding hydrogens is 211 g/mol. The van der Waals surface area contributed by atoms with E-state index < -0.39 is 5.82 Å². The van der Waals surface area contributed by atoms with Crippen molar-refractivity contribution in [2.45, 2.75) is 0 Å². The number of benzene rings is 1. The first kappa shape index (κ1) is 12.4. The number of halogens is 1. The Morgan fingerprint density at radius 2 is 2.25 bits per heavy atom. The number of ether oxygens (including phenoxy) is 1. The minimum atomic E-state index is -0.590. The summed E-state index contributed by atoms with van der Waals surface area (Å²) >= 11 is 0. The third kappa shape index (κ3) is 2.70. The maximum Gasteiger partial charge on any atom is 0.256 e. The van der Waals surface area contributed by atoms with Gasteiger partial charge < -0.3 is 15.4 Å². The quantitative estimate of drug-likeness (QED) is 0.828. The van der Waals surface area contributed by atoms with Gasteiger partial charge in [0.05, 0.1) is 12.7 Å². The molecule has 0 atom stereocenters. The lowest BCUT2D eigenvalue weighted by atomic mass is 10.2. The van der Waals surface area contributed by atoms with Gasteiger partial charge in [0.15, 0.2) is 0 Å². The molecule has 0 heterocycles. The summed E-state index contributed by atoms with van der Waals surface area (Å²) in [5, 5.41) is 0. The molecule has 0 aliphatic heterocycles. The third-order valence-electron chi connectivity index (χ3n) is 2.22. The second kappa shape index (κ2) is 5.46. The van der Waals surface area contributed by atoms with Crippen molar-refractivity contribution in [3.05, 3.63) is 29.6 Å². The van der Waals surface area contributed by atoms with E-state index in [-0.39, 0.29) is 11.5 Å². The minimum Gasteiger partial charge on any atom is -0.497 e. The molecule has 88 valence electrons. The summed E-state index contributed by atoms with van der Waals surface area (Å²) in [6, 6.07) is 4.14. The van der Waals surface area contributed by atoms with Crippen LogP contribution < -0.4 is 10.5 Å². The van der Waals surface area contributed by atoms with E-state index in [0.29, 0.717) is 18.8 Å². The highest BCUT2D eigenvalue weighted by molar-refractivity contribution is 5.94. The van der Waals surface area contributed by atoms with Gasteiger partial charge in [-0.2, -0.15) is 0 Å². The molecule has 5 heteroatoms. The third-order valence-corrected chi connectivity index (χ3v) is 2.22. The molecule has 1 amide bonds. The predicted molar refractivity (Wildman–Crippen MR) is 59.0 cm³/mol. The molecule has 1 aromatic rings. The Kier molecular flexibility index (Phi) is 4.25. The number of rotatable bonds is 4. The molecule has 0 saturated carbocycles. The molecule has 0 aliphatic carbocycles. The molecule has 0 aromatic heterocycles. The van der Waals surface area contributed by atoms with Crippen LogP contribution in [0.1, 0.15) is 10.4 Å². The first-order chi connectivity index (χ1) is 7.60. The van der Waals surface area contributed by atoms with Gasteiger partial charge in [0, 0.05) is 26.2 Å². The number of carbonyl (C=O) groups excluding carboxylic acids is 1. The van der Waals surface area contributed by atoms with Crippen LogP contribution in [-0.2, 0) is 0 Å². The second-order valence-corrected chi connectivity index (χ2v) is 3.36. The van der Waals surface area contributed by atoms with Crippen molar-refractivity contribution in [1.82, 2.24) is 4.90 Å². The summed E-state index contributed by atoms with van der Waals surface area (Å²) < 4.78 is 18.4. The van der Waals surface area contributed by atoms with E-state index in [2.05, 4.69) is 0 Å². The Labute approximate surface area is 93.8 Å². The molecule has 1 aromatic carbocycles. The summed E-state index contributed by atoms with van der Waals surface area (Å²) in [6.45, 7) is 0.740. The SMILES string of the molecule is COc1ccc(C(=O)N(C)CCN)c(F)c1. The highest BCUT2D eigenvalue weighted by Gasteiger charge is 2.15. The molecule has 2 N–H and O–H groups in total. The first-order valence-electron chi connectivity index (χ1n) is 4.89. The van der Waals surface area contributed by atoms with E-state index in [4.69, 9.17) is 10.5 Å². The van der Waals surface area contributed by atoms with E-state index in [0.717, 1.165) is 0 Å². The Morgan fingerprint density at radius 3 is 2.75 bits per heavy atom. The summed E-state index contributed by atoms with van der Waals surface area (Å²) in [7, 11) is 3.02. The van der Waals surface area contributed by atoms with Crippen LogP contribution in [0.25, 0.3) is 0 Å². The average molecular weight is 226 g/mol. The van der Waals surface area contributed by atoms with Gasteiger partial charge in [-0.05, 0) is 12.1 Å². The van der Waals surface area contributed by atoms with E-state index in [1.807, 2.05) is 0 Å². The molecule has 0 aliphatic rings. The summed E-state index contributed by atoms with van der Waals surface area (Å²) in [5.41, 5.74) is 5.35. The van der Waals surface area contributed by atoms with Crippen LogP contribution in [0.5, 0.6) is 5.75 Å². The standard InChI is InChI=1S/C11H15FN2O2/c1-14(6-5-13)11(15)9-4-3-8(16-2)7-10(9)12/h3-4,7H,5-6,13H2,1-2H3. The summed E-state index contributed by atoms with van der Waals surface area (Å²) in [5.74, 6) is -0.589. The number of nitrogens with zero attached hydrogens (tertiary/aromatic N) is 1. The number of carbonyl (C=O) groups is 1. The van der Waals surface area contributed by atoms with Gasteiger partial charge in [0.2, 0.25) is 0 Å². The van der Waals surface area contributed by atoms with Crippen molar-refractivity contribution in [2.75, 3.05) is 27.2 Å². The molecule has 0 fully saturated rings. The zero-order valence-corrected chi connectivity index (χ0v) is 9.37. The van der Waals surface area contributed by atoms with Gasteiger partial charge in [-0.15, -0.1) is 0 Å². The average Bonchev–Trinajstić information content (AvgIpc) is 2.28. The number of nitrogens with two attached hydrogens (primary N) is 1. The second-order valence-electron chi connectivity index (χ2n) is 3.36. The monoisotopic (exact) mass is 226 g/mol. The van der Waals surface area contributed by atoms with Crippen LogP contribution in [0.2, 0.25) is 0 Å². The molecule has 16 heavy (non-hydrogen) atoms. The van der Waals surface area contributed by atoms with Crippen LogP contribution in [0.15, 0.2) is 18.2 Å². The molecule has 0 saturated heterocycles. The van der Waals surface area contributed by atoms with Crippen molar-refractivity contribution < 1.29 is 13.9 Å². The van der Waals surface area contributed by atoms with Crippen LogP contribution >= 0.6 is 0 Å². The Balaban J connectivity index is 2.91. The van der Waals surface area contributed by atoms with Gasteiger partial charge in [0.1, 0.15) is 11.6 Å². The van der Waals surface area contributed by atoms with E-state index in [1.54, 1.807) is 13.1 Å².